The molecule has 0 aliphatic rings. The lowest BCUT2D eigenvalue weighted by atomic mass is 10.3. The highest BCUT2D eigenvalue weighted by Gasteiger charge is 2.14. The number of aromatic nitrogens is 3. The number of nitrogens with zero attached hydrogens (tertiary/aromatic N) is 3. The molecule has 2 aromatic heterocycles. The molecule has 0 aromatic carbocycles. The van der Waals surface area contributed by atoms with E-state index in [1.54, 1.807) is 12.5 Å². The molecule has 0 amide bonds. The third kappa shape index (κ3) is 2.44. The predicted molar refractivity (Wildman–Crippen MR) is 64.9 cm³/mol. The van der Waals surface area contributed by atoms with E-state index in [-0.39, 0.29) is 5.69 Å². The molecule has 0 bridgehead atoms. The van der Waals surface area contributed by atoms with Gasteiger partial charge in [0, 0.05) is 17.2 Å². The minimum atomic E-state index is -0.443. The lowest BCUT2D eigenvalue weighted by Crippen LogP contribution is -1.93. The van der Waals surface area contributed by atoms with Gasteiger partial charge in [-0.25, -0.2) is 9.97 Å². The summed E-state index contributed by atoms with van der Waals surface area (Å²) in [7, 11) is 0. The van der Waals surface area contributed by atoms with Crippen LogP contribution in [0.5, 0.6) is 0 Å². The van der Waals surface area contributed by atoms with Gasteiger partial charge < -0.3 is 4.98 Å². The van der Waals surface area contributed by atoms with Crippen LogP contribution in [0.3, 0.4) is 0 Å². The number of H-pyrrole nitrogens is 1. The lowest BCUT2D eigenvalue weighted by molar-refractivity contribution is -0.385. The largest absolute Gasteiger partial charge is 0.351 e. The Morgan fingerprint density at radius 3 is 2.94 bits per heavy atom. The van der Waals surface area contributed by atoms with Gasteiger partial charge in [-0.05, 0) is 5.75 Å². The monoisotopic (exact) mass is 250 g/mol. The first-order valence-electron chi connectivity index (χ1n) is 4.98. The van der Waals surface area contributed by atoms with Crippen LogP contribution in [0.25, 0.3) is 11.4 Å². The summed E-state index contributed by atoms with van der Waals surface area (Å²) in [5, 5.41) is 10.7. The van der Waals surface area contributed by atoms with Gasteiger partial charge in [-0.1, -0.05) is 6.92 Å². The molecule has 0 fully saturated rings. The van der Waals surface area contributed by atoms with Crippen LogP contribution >= 0.6 is 11.8 Å². The van der Waals surface area contributed by atoms with E-state index < -0.39 is 4.92 Å². The smallest absolute Gasteiger partial charge is 0.288 e. The van der Waals surface area contributed by atoms with Gasteiger partial charge in [-0.2, -0.15) is 0 Å². The van der Waals surface area contributed by atoms with Crippen LogP contribution in [0.15, 0.2) is 29.7 Å². The van der Waals surface area contributed by atoms with E-state index in [1.807, 2.05) is 6.92 Å². The zero-order valence-corrected chi connectivity index (χ0v) is 9.90. The Bertz CT molecular complexity index is 527. The number of pyridine rings is 1. The molecule has 7 heteroatoms. The van der Waals surface area contributed by atoms with Crippen LogP contribution in [-0.2, 0) is 0 Å². The number of aromatic amines is 1. The topological polar surface area (TPSA) is 84.7 Å². The molecule has 88 valence electrons. The Labute approximate surface area is 102 Å². The number of rotatable bonds is 4. The summed E-state index contributed by atoms with van der Waals surface area (Å²) in [6.45, 7) is 1.98. The minimum Gasteiger partial charge on any atom is -0.351 e. The van der Waals surface area contributed by atoms with Crippen molar-refractivity contribution in [3.63, 3.8) is 0 Å². The molecule has 2 heterocycles. The quantitative estimate of drug-likeness (QED) is 0.512. The minimum absolute atomic E-state index is 0.000218. The number of nitro groups is 1. The fourth-order valence-corrected chi connectivity index (χ4v) is 2.19. The fourth-order valence-electron chi connectivity index (χ4n) is 1.38. The van der Waals surface area contributed by atoms with Crippen LogP contribution in [0.2, 0.25) is 0 Å². The van der Waals surface area contributed by atoms with E-state index in [0.29, 0.717) is 11.4 Å². The first kappa shape index (κ1) is 11.6. The van der Waals surface area contributed by atoms with E-state index in [1.165, 1.54) is 24.0 Å². The van der Waals surface area contributed by atoms with Crippen LogP contribution in [0.1, 0.15) is 6.92 Å². The third-order valence-corrected chi connectivity index (χ3v) is 3.00. The average molecular weight is 250 g/mol. The van der Waals surface area contributed by atoms with Gasteiger partial charge in [0.15, 0.2) is 0 Å². The molecule has 2 rings (SSSR count). The molecule has 0 atom stereocenters. The first-order chi connectivity index (χ1) is 8.22. The highest BCUT2D eigenvalue weighted by molar-refractivity contribution is 7.99. The van der Waals surface area contributed by atoms with E-state index >= 15 is 0 Å². The van der Waals surface area contributed by atoms with Crippen molar-refractivity contribution in [2.24, 2.45) is 0 Å². The van der Waals surface area contributed by atoms with Gasteiger partial charge >= 0.3 is 0 Å². The fraction of sp³-hybridized carbons (Fsp3) is 0.200. The van der Waals surface area contributed by atoms with Crippen molar-refractivity contribution in [2.75, 3.05) is 5.75 Å². The second kappa shape index (κ2) is 4.96. The van der Waals surface area contributed by atoms with Gasteiger partial charge in [0.05, 0.1) is 11.3 Å². The van der Waals surface area contributed by atoms with Crippen molar-refractivity contribution in [1.29, 1.82) is 0 Å². The lowest BCUT2D eigenvalue weighted by Gasteiger charge is -2.04. The van der Waals surface area contributed by atoms with Crippen LogP contribution < -0.4 is 0 Å². The summed E-state index contributed by atoms with van der Waals surface area (Å²) in [5.74, 6) is 0.820. The predicted octanol–water partition coefficient (Wildman–Crippen LogP) is 2.49. The van der Waals surface area contributed by atoms with Gasteiger partial charge in [0.2, 0.25) is 0 Å². The van der Waals surface area contributed by atoms with Crippen LogP contribution in [-0.4, -0.2) is 25.6 Å². The van der Waals surface area contributed by atoms with Gasteiger partial charge in [-0.3, -0.25) is 10.1 Å². The summed E-state index contributed by atoms with van der Waals surface area (Å²) in [6, 6.07) is 1.53. The molecule has 6 nitrogen and oxygen atoms in total. The number of thioether (sulfide) groups is 1. The summed E-state index contributed by atoms with van der Waals surface area (Å²) in [6.07, 6.45) is 4.52. The molecule has 2 aromatic rings. The molecule has 0 aliphatic carbocycles. The van der Waals surface area contributed by atoms with Crippen molar-refractivity contribution in [3.05, 3.63) is 34.9 Å². The summed E-state index contributed by atoms with van der Waals surface area (Å²) >= 11 is 1.51. The zero-order valence-electron chi connectivity index (χ0n) is 9.08. The average Bonchev–Trinajstić information content (AvgIpc) is 2.82. The summed E-state index contributed by atoms with van der Waals surface area (Å²) < 4.78 is 0. The van der Waals surface area contributed by atoms with Crippen LogP contribution in [0, 0.1) is 10.1 Å². The molecule has 0 spiro atoms. The highest BCUT2D eigenvalue weighted by atomic mass is 32.2. The van der Waals surface area contributed by atoms with E-state index in [2.05, 4.69) is 15.0 Å². The second-order valence-electron chi connectivity index (χ2n) is 3.18. The van der Waals surface area contributed by atoms with Crippen molar-refractivity contribution >= 4 is 17.4 Å². The maximum atomic E-state index is 10.7. The Morgan fingerprint density at radius 2 is 2.35 bits per heavy atom. The van der Waals surface area contributed by atoms with E-state index in [0.717, 1.165) is 10.6 Å². The molecule has 0 unspecified atom stereocenters. The molecule has 0 radical (unpaired) electrons. The van der Waals surface area contributed by atoms with Crippen molar-refractivity contribution in [2.45, 2.75) is 11.8 Å². The molecule has 17 heavy (non-hydrogen) atoms. The highest BCUT2D eigenvalue weighted by Crippen LogP contribution is 2.30. The van der Waals surface area contributed by atoms with Crippen LogP contribution in [0.4, 0.5) is 5.69 Å². The molecule has 0 aliphatic heterocycles. The maximum Gasteiger partial charge on any atom is 0.288 e. The first-order valence-corrected chi connectivity index (χ1v) is 5.97. The Hall–Kier alpha value is -1.89. The Kier molecular flexibility index (Phi) is 3.38. The molecule has 0 saturated heterocycles. The van der Waals surface area contributed by atoms with Crippen molar-refractivity contribution in [3.8, 4) is 11.4 Å². The molecule has 1 N–H and O–H groups in total. The molecular formula is C10H10N4O2S. The van der Waals surface area contributed by atoms with E-state index in [4.69, 9.17) is 0 Å². The van der Waals surface area contributed by atoms with Gasteiger partial charge in [0.25, 0.3) is 5.69 Å². The summed E-state index contributed by atoms with van der Waals surface area (Å²) in [5.41, 5.74) is 1.36. The normalized spacial score (nSPS) is 10.4. The summed E-state index contributed by atoms with van der Waals surface area (Å²) in [4.78, 5) is 22.1. The van der Waals surface area contributed by atoms with Gasteiger partial charge in [-0.15, -0.1) is 11.8 Å². The maximum absolute atomic E-state index is 10.7. The standard InChI is InChI=1S/C10H10N4O2S/c1-2-17-9-3-7(14(15)16)4-12-10(9)8-5-11-6-13-8/h3-6H,2H2,1H3,(H,11,13). The third-order valence-electron chi connectivity index (χ3n) is 2.09. The Balaban J connectivity index is 2.48. The Morgan fingerprint density at radius 1 is 1.53 bits per heavy atom. The van der Waals surface area contributed by atoms with E-state index in [9.17, 15) is 10.1 Å². The number of hydrogen-bond acceptors (Lipinski definition) is 5. The molecule has 0 saturated carbocycles. The second-order valence-corrected chi connectivity index (χ2v) is 4.49. The van der Waals surface area contributed by atoms with Gasteiger partial charge in [0.1, 0.15) is 17.6 Å². The van der Waals surface area contributed by atoms with Crippen molar-refractivity contribution < 1.29 is 4.92 Å². The zero-order chi connectivity index (χ0) is 12.3. The SMILES string of the molecule is CCSc1cc([N+](=O)[O-])cnc1-c1c[nH]cn1. The number of nitrogens with one attached hydrogen (secondary N) is 1. The van der Waals surface area contributed by atoms with Crippen molar-refractivity contribution in [1.82, 2.24) is 15.0 Å². The number of imidazole rings is 1. The molecular weight excluding hydrogens is 240 g/mol. The number of hydrogen-bond donors (Lipinski definition) is 1.